The van der Waals surface area contributed by atoms with Gasteiger partial charge in [0.25, 0.3) is 11.5 Å². The number of pyridine rings is 1. The van der Waals surface area contributed by atoms with Crippen molar-refractivity contribution in [1.29, 1.82) is 5.26 Å². The normalized spacial score (nSPS) is 20.7. The van der Waals surface area contributed by atoms with Gasteiger partial charge in [0, 0.05) is 37.0 Å². The minimum absolute atomic E-state index is 0.0255. The third kappa shape index (κ3) is 5.72. The minimum atomic E-state index is -0.242. The third-order valence-corrected chi connectivity index (χ3v) is 6.90. The van der Waals surface area contributed by atoms with E-state index in [4.69, 9.17) is 5.26 Å². The van der Waals surface area contributed by atoms with Crippen LogP contribution in [0.4, 0.5) is 0 Å². The smallest absolute Gasteiger partial charge is 0.251 e. The van der Waals surface area contributed by atoms with E-state index in [1.807, 2.05) is 37.4 Å². The van der Waals surface area contributed by atoms with Crippen molar-refractivity contribution in [2.24, 2.45) is 0 Å². The lowest BCUT2D eigenvalue weighted by Gasteiger charge is -2.46. The van der Waals surface area contributed by atoms with Crippen molar-refractivity contribution in [2.45, 2.75) is 57.2 Å². The summed E-state index contributed by atoms with van der Waals surface area (Å²) in [6.45, 7) is 3.65. The molecule has 178 valence electrons. The number of nitrogens with one attached hydrogen (secondary N) is 2. The fourth-order valence-electron chi connectivity index (χ4n) is 5.00. The van der Waals surface area contributed by atoms with Crippen LogP contribution in [0.2, 0.25) is 0 Å². The van der Waals surface area contributed by atoms with Gasteiger partial charge >= 0.3 is 0 Å². The predicted molar refractivity (Wildman–Crippen MR) is 128 cm³/mol. The average molecular weight is 462 g/mol. The number of carbonyl (C=O) groups excluding carboxylic acids is 2. The van der Waals surface area contributed by atoms with Gasteiger partial charge in [-0.05, 0) is 56.2 Å². The first kappa shape index (κ1) is 23.7. The highest BCUT2D eigenvalue weighted by Gasteiger charge is 2.35. The maximum absolute atomic E-state index is 12.2. The Morgan fingerprint density at radius 2 is 1.88 bits per heavy atom. The van der Waals surface area contributed by atoms with Gasteiger partial charge in [-0.2, -0.15) is 5.26 Å². The van der Waals surface area contributed by atoms with Crippen LogP contribution in [0.5, 0.6) is 0 Å². The number of nitrogens with zero attached hydrogens (tertiary/aromatic N) is 3. The molecule has 2 amide bonds. The van der Waals surface area contributed by atoms with Gasteiger partial charge in [-0.1, -0.05) is 23.8 Å². The summed E-state index contributed by atoms with van der Waals surface area (Å²) in [6, 6.07) is 13.4. The highest BCUT2D eigenvalue weighted by atomic mass is 16.2. The first-order chi connectivity index (χ1) is 16.4. The van der Waals surface area contributed by atoms with E-state index in [9.17, 15) is 14.4 Å². The topological polar surface area (TPSA) is 107 Å². The van der Waals surface area contributed by atoms with Crippen LogP contribution in [0.3, 0.4) is 0 Å². The number of rotatable bonds is 7. The summed E-state index contributed by atoms with van der Waals surface area (Å²) < 4.78 is 1.48. The Hall–Kier alpha value is -3.44. The van der Waals surface area contributed by atoms with Crippen molar-refractivity contribution >= 4 is 11.8 Å². The molecule has 0 spiro atoms. The number of aryl methyl sites for hydroxylation is 1. The molecule has 34 heavy (non-hydrogen) atoms. The summed E-state index contributed by atoms with van der Waals surface area (Å²) in [4.78, 5) is 38.7. The highest BCUT2D eigenvalue weighted by Crippen LogP contribution is 2.35. The molecule has 2 heterocycles. The molecule has 2 fully saturated rings. The molecule has 8 heteroatoms. The van der Waals surface area contributed by atoms with Crippen LogP contribution >= 0.6 is 0 Å². The molecule has 0 unspecified atom stereocenters. The van der Waals surface area contributed by atoms with Crippen molar-refractivity contribution in [2.75, 3.05) is 19.6 Å². The second-order valence-electron chi connectivity index (χ2n) is 9.36. The van der Waals surface area contributed by atoms with E-state index >= 15 is 0 Å². The van der Waals surface area contributed by atoms with Gasteiger partial charge < -0.3 is 15.2 Å². The van der Waals surface area contributed by atoms with Gasteiger partial charge in [0.2, 0.25) is 5.91 Å². The van der Waals surface area contributed by atoms with Crippen molar-refractivity contribution in [3.05, 3.63) is 69.6 Å². The Bertz CT molecular complexity index is 1140. The zero-order valence-electron chi connectivity index (χ0n) is 19.5. The van der Waals surface area contributed by atoms with Crippen LogP contribution in [0, 0.1) is 18.3 Å². The van der Waals surface area contributed by atoms with Crippen LogP contribution in [0.25, 0.3) is 0 Å². The Kier molecular flexibility index (Phi) is 7.43. The number of benzene rings is 1. The number of nitriles is 1. The number of amides is 2. The van der Waals surface area contributed by atoms with E-state index in [-0.39, 0.29) is 36.5 Å². The zero-order valence-corrected chi connectivity index (χ0v) is 19.5. The lowest BCUT2D eigenvalue weighted by molar-refractivity contribution is -0.122. The molecule has 1 aromatic carbocycles. The molecule has 0 atom stereocenters. The van der Waals surface area contributed by atoms with Crippen LogP contribution in [0.15, 0.2) is 47.4 Å². The maximum Gasteiger partial charge on any atom is 0.251 e. The molecule has 2 N–H and O–H groups in total. The molecule has 1 aromatic heterocycles. The second kappa shape index (κ2) is 10.7. The Morgan fingerprint density at radius 1 is 1.12 bits per heavy atom. The monoisotopic (exact) mass is 461 g/mol. The fraction of sp³-hybridized carbons (Fsp3) is 0.462. The van der Waals surface area contributed by atoms with E-state index in [0.717, 1.165) is 49.9 Å². The third-order valence-electron chi connectivity index (χ3n) is 6.90. The lowest BCUT2D eigenvalue weighted by Crippen LogP contribution is -2.63. The summed E-state index contributed by atoms with van der Waals surface area (Å²) in [5.41, 5.74) is 2.56. The van der Waals surface area contributed by atoms with Gasteiger partial charge in [-0.25, -0.2) is 0 Å². The maximum atomic E-state index is 12.2. The highest BCUT2D eigenvalue weighted by molar-refractivity contribution is 5.96. The summed E-state index contributed by atoms with van der Waals surface area (Å²) in [6.07, 6.45) is 6.09. The molecule has 8 nitrogen and oxygen atoms in total. The van der Waals surface area contributed by atoms with Gasteiger partial charge in [0.15, 0.2) is 0 Å². The molecule has 2 aromatic rings. The van der Waals surface area contributed by atoms with Gasteiger partial charge in [0.05, 0.1) is 18.7 Å². The van der Waals surface area contributed by atoms with Crippen molar-refractivity contribution in [3.63, 3.8) is 0 Å². The minimum Gasteiger partial charge on any atom is -0.349 e. The summed E-state index contributed by atoms with van der Waals surface area (Å²) >= 11 is 0. The second-order valence-corrected chi connectivity index (χ2v) is 9.36. The zero-order chi connectivity index (χ0) is 24.1. The van der Waals surface area contributed by atoms with E-state index in [1.54, 1.807) is 18.2 Å². The fourth-order valence-corrected chi connectivity index (χ4v) is 5.00. The van der Waals surface area contributed by atoms with Gasteiger partial charge in [-0.3, -0.25) is 19.3 Å². The summed E-state index contributed by atoms with van der Waals surface area (Å²) in [5, 5.41) is 14.6. The number of aromatic nitrogens is 1. The Morgan fingerprint density at radius 3 is 2.59 bits per heavy atom. The number of hydrogen-bond donors (Lipinski definition) is 2. The standard InChI is InChI=1S/C26H31N5O3/c1-18-3-2-4-20(13-18)26(34)28-14-24(32)29-22-16-31(17-22)23-8-5-19(6-9-23)21-7-10-25(33)30(15-21)12-11-27/h2-4,7,10,13,15,19,22-23H,5-6,8-9,12,14,16-17H2,1H3,(H,28,34)(H,29,32)/t19-,23+. The van der Waals surface area contributed by atoms with Gasteiger partial charge in [-0.15, -0.1) is 0 Å². The molecule has 0 bridgehead atoms. The van der Waals surface area contributed by atoms with E-state index in [0.29, 0.717) is 17.5 Å². The van der Waals surface area contributed by atoms with E-state index < -0.39 is 0 Å². The number of likely N-dealkylation sites (tertiary alicyclic amines) is 1. The molecule has 1 saturated heterocycles. The van der Waals surface area contributed by atoms with Crippen molar-refractivity contribution < 1.29 is 9.59 Å². The van der Waals surface area contributed by atoms with Gasteiger partial charge in [0.1, 0.15) is 6.54 Å². The molecule has 2 aliphatic rings. The predicted octanol–water partition coefficient (Wildman–Crippen LogP) is 1.94. The van der Waals surface area contributed by atoms with Crippen LogP contribution in [-0.2, 0) is 11.3 Å². The average Bonchev–Trinajstić information content (AvgIpc) is 2.81. The molecule has 0 radical (unpaired) electrons. The van der Waals surface area contributed by atoms with E-state index in [2.05, 4.69) is 15.5 Å². The Labute approximate surface area is 199 Å². The first-order valence-electron chi connectivity index (χ1n) is 11.9. The molecule has 4 rings (SSSR count). The summed E-state index contributed by atoms with van der Waals surface area (Å²) in [5.74, 6) is 0.00585. The Balaban J connectivity index is 1.17. The van der Waals surface area contributed by atoms with Crippen LogP contribution in [0.1, 0.15) is 53.1 Å². The number of hydrogen-bond acceptors (Lipinski definition) is 5. The lowest BCUT2D eigenvalue weighted by atomic mass is 9.81. The molecular weight excluding hydrogens is 430 g/mol. The largest absolute Gasteiger partial charge is 0.349 e. The summed E-state index contributed by atoms with van der Waals surface area (Å²) in [7, 11) is 0. The molecule has 1 aliphatic carbocycles. The molecular formula is C26H31N5O3. The molecule has 1 saturated carbocycles. The van der Waals surface area contributed by atoms with Crippen molar-refractivity contribution in [1.82, 2.24) is 20.1 Å². The number of carbonyl (C=O) groups is 2. The van der Waals surface area contributed by atoms with Crippen LogP contribution in [-0.4, -0.2) is 53.0 Å². The quantitative estimate of drug-likeness (QED) is 0.655. The van der Waals surface area contributed by atoms with Crippen LogP contribution < -0.4 is 16.2 Å². The molecule has 1 aliphatic heterocycles. The van der Waals surface area contributed by atoms with E-state index in [1.165, 1.54) is 4.57 Å². The van der Waals surface area contributed by atoms with Crippen molar-refractivity contribution in [3.8, 4) is 6.07 Å². The SMILES string of the molecule is Cc1cccc(C(=O)NCC(=O)NC2CN([C@H]3CC[C@@H](c4ccc(=O)n(CC#N)c4)CC3)C2)c1. The first-order valence-corrected chi connectivity index (χ1v) is 11.9.